The molecule has 3 nitrogen and oxygen atoms in total. The number of fused-ring (bicyclic) bond motifs is 1. The van der Waals surface area contributed by atoms with Crippen LogP contribution in [0, 0.1) is 0 Å². The molecular formula is C12H15NO2. The van der Waals surface area contributed by atoms with Gasteiger partial charge in [0.15, 0.2) is 0 Å². The van der Waals surface area contributed by atoms with Crippen molar-refractivity contribution >= 4 is 11.0 Å². The molecule has 0 aliphatic rings. The highest BCUT2D eigenvalue weighted by atomic mass is 16.5. The first-order chi connectivity index (χ1) is 7.20. The molecule has 2 N–H and O–H groups in total. The summed E-state index contributed by atoms with van der Waals surface area (Å²) in [6, 6.07) is 6.02. The molecule has 0 spiro atoms. The summed E-state index contributed by atoms with van der Waals surface area (Å²) in [5, 5.41) is 1.06. The van der Waals surface area contributed by atoms with E-state index in [1.807, 2.05) is 25.1 Å². The SMILES string of the molecule is COc1cc2ccoc2cc1CC(C)N. The fraction of sp³-hybridized carbons (Fsp3) is 0.333. The van der Waals surface area contributed by atoms with Crippen molar-refractivity contribution in [1.29, 1.82) is 0 Å². The summed E-state index contributed by atoms with van der Waals surface area (Å²) in [6.45, 7) is 1.98. The molecule has 1 heterocycles. The van der Waals surface area contributed by atoms with E-state index in [0.29, 0.717) is 0 Å². The van der Waals surface area contributed by atoms with Crippen LogP contribution in [0.5, 0.6) is 5.75 Å². The summed E-state index contributed by atoms with van der Waals surface area (Å²) >= 11 is 0. The predicted octanol–water partition coefficient (Wildman–Crippen LogP) is 2.33. The van der Waals surface area contributed by atoms with Crippen molar-refractivity contribution in [3.8, 4) is 5.75 Å². The van der Waals surface area contributed by atoms with Gasteiger partial charge in [-0.3, -0.25) is 0 Å². The van der Waals surface area contributed by atoms with Gasteiger partial charge in [-0.15, -0.1) is 0 Å². The molecule has 0 saturated carbocycles. The zero-order valence-corrected chi connectivity index (χ0v) is 8.99. The molecule has 0 amide bonds. The number of rotatable bonds is 3. The van der Waals surface area contributed by atoms with Gasteiger partial charge in [0.05, 0.1) is 13.4 Å². The highest BCUT2D eigenvalue weighted by Gasteiger charge is 2.08. The third-order valence-corrected chi connectivity index (χ3v) is 2.40. The van der Waals surface area contributed by atoms with E-state index in [4.69, 9.17) is 14.9 Å². The second kappa shape index (κ2) is 3.95. The molecular weight excluding hydrogens is 190 g/mol. The minimum absolute atomic E-state index is 0.117. The Balaban J connectivity index is 2.49. The Morgan fingerprint density at radius 1 is 1.47 bits per heavy atom. The van der Waals surface area contributed by atoms with Crippen molar-refractivity contribution in [2.24, 2.45) is 5.73 Å². The summed E-state index contributed by atoms with van der Waals surface area (Å²) in [7, 11) is 1.67. The number of ether oxygens (including phenoxy) is 1. The molecule has 1 aromatic carbocycles. The van der Waals surface area contributed by atoms with Crippen LogP contribution in [0.25, 0.3) is 11.0 Å². The Bertz CT molecular complexity index is 460. The summed E-state index contributed by atoms with van der Waals surface area (Å²) in [5.41, 5.74) is 7.75. The van der Waals surface area contributed by atoms with Crippen molar-refractivity contribution in [3.63, 3.8) is 0 Å². The van der Waals surface area contributed by atoms with Gasteiger partial charge in [-0.05, 0) is 37.1 Å². The topological polar surface area (TPSA) is 48.4 Å². The lowest BCUT2D eigenvalue weighted by atomic mass is 10.1. The average molecular weight is 205 g/mol. The molecule has 0 fully saturated rings. The standard InChI is InChI=1S/C12H15NO2/c1-8(13)5-10-7-12-9(3-4-15-12)6-11(10)14-2/h3-4,6-8H,5,13H2,1-2H3. The number of benzene rings is 1. The van der Waals surface area contributed by atoms with E-state index in [0.717, 1.165) is 28.7 Å². The van der Waals surface area contributed by atoms with E-state index in [-0.39, 0.29) is 6.04 Å². The molecule has 3 heteroatoms. The maximum Gasteiger partial charge on any atom is 0.134 e. The van der Waals surface area contributed by atoms with Crippen molar-refractivity contribution in [1.82, 2.24) is 0 Å². The Labute approximate surface area is 88.8 Å². The highest BCUT2D eigenvalue weighted by Crippen LogP contribution is 2.27. The summed E-state index contributed by atoms with van der Waals surface area (Å²) < 4.78 is 10.7. The van der Waals surface area contributed by atoms with Crippen LogP contribution in [0.2, 0.25) is 0 Å². The first kappa shape index (κ1) is 10.1. The van der Waals surface area contributed by atoms with E-state index in [2.05, 4.69) is 0 Å². The molecule has 1 atom stereocenters. The predicted molar refractivity (Wildman–Crippen MR) is 60.1 cm³/mol. The van der Waals surface area contributed by atoms with Crippen LogP contribution in [0.15, 0.2) is 28.9 Å². The molecule has 0 bridgehead atoms. The molecule has 1 aromatic heterocycles. The summed E-state index contributed by atoms with van der Waals surface area (Å²) in [4.78, 5) is 0. The summed E-state index contributed by atoms with van der Waals surface area (Å²) in [5.74, 6) is 0.876. The van der Waals surface area contributed by atoms with Crippen molar-refractivity contribution in [2.45, 2.75) is 19.4 Å². The monoisotopic (exact) mass is 205 g/mol. The third kappa shape index (κ3) is 1.97. The largest absolute Gasteiger partial charge is 0.496 e. The number of hydrogen-bond acceptors (Lipinski definition) is 3. The first-order valence-corrected chi connectivity index (χ1v) is 5.00. The van der Waals surface area contributed by atoms with Crippen LogP contribution >= 0.6 is 0 Å². The van der Waals surface area contributed by atoms with Gasteiger partial charge in [-0.25, -0.2) is 0 Å². The van der Waals surface area contributed by atoms with E-state index >= 15 is 0 Å². The summed E-state index contributed by atoms with van der Waals surface area (Å²) in [6.07, 6.45) is 2.47. The quantitative estimate of drug-likeness (QED) is 0.836. The molecule has 2 rings (SSSR count). The van der Waals surface area contributed by atoms with Crippen molar-refractivity contribution in [2.75, 3.05) is 7.11 Å². The third-order valence-electron chi connectivity index (χ3n) is 2.40. The van der Waals surface area contributed by atoms with E-state index in [1.165, 1.54) is 0 Å². The minimum Gasteiger partial charge on any atom is -0.496 e. The molecule has 0 aliphatic carbocycles. The van der Waals surface area contributed by atoms with Gasteiger partial charge in [0.2, 0.25) is 0 Å². The zero-order valence-electron chi connectivity index (χ0n) is 8.99. The second-order valence-electron chi connectivity index (χ2n) is 3.80. The van der Waals surface area contributed by atoms with Gasteiger partial charge in [-0.1, -0.05) is 0 Å². The fourth-order valence-corrected chi connectivity index (χ4v) is 1.73. The molecule has 2 aromatic rings. The van der Waals surface area contributed by atoms with Crippen molar-refractivity contribution in [3.05, 3.63) is 30.0 Å². The van der Waals surface area contributed by atoms with Gasteiger partial charge < -0.3 is 14.9 Å². The Morgan fingerprint density at radius 3 is 2.93 bits per heavy atom. The molecule has 15 heavy (non-hydrogen) atoms. The second-order valence-corrected chi connectivity index (χ2v) is 3.80. The van der Waals surface area contributed by atoms with Crippen molar-refractivity contribution < 1.29 is 9.15 Å². The Kier molecular flexibility index (Phi) is 2.64. The van der Waals surface area contributed by atoms with Gasteiger partial charge in [0.25, 0.3) is 0 Å². The van der Waals surface area contributed by atoms with Crippen LogP contribution in [0.1, 0.15) is 12.5 Å². The van der Waals surface area contributed by atoms with Crippen LogP contribution < -0.4 is 10.5 Å². The van der Waals surface area contributed by atoms with Crippen LogP contribution in [-0.4, -0.2) is 13.2 Å². The van der Waals surface area contributed by atoms with Gasteiger partial charge in [0, 0.05) is 11.4 Å². The average Bonchev–Trinajstić information content (AvgIpc) is 2.62. The van der Waals surface area contributed by atoms with Crippen LogP contribution in [0.3, 0.4) is 0 Å². The minimum atomic E-state index is 0.117. The maximum absolute atomic E-state index is 5.78. The molecule has 0 aliphatic heterocycles. The zero-order chi connectivity index (χ0) is 10.8. The Hall–Kier alpha value is -1.48. The van der Waals surface area contributed by atoms with Gasteiger partial charge in [0.1, 0.15) is 11.3 Å². The molecule has 0 saturated heterocycles. The lowest BCUT2D eigenvalue weighted by Crippen LogP contribution is -2.18. The van der Waals surface area contributed by atoms with E-state index in [9.17, 15) is 0 Å². The number of furan rings is 1. The molecule has 0 radical (unpaired) electrons. The lowest BCUT2D eigenvalue weighted by molar-refractivity contribution is 0.409. The van der Waals surface area contributed by atoms with E-state index in [1.54, 1.807) is 13.4 Å². The number of nitrogens with two attached hydrogens (primary N) is 1. The lowest BCUT2D eigenvalue weighted by Gasteiger charge is -2.10. The normalized spacial score (nSPS) is 13.0. The van der Waals surface area contributed by atoms with Gasteiger partial charge in [-0.2, -0.15) is 0 Å². The first-order valence-electron chi connectivity index (χ1n) is 5.00. The fourth-order valence-electron chi connectivity index (χ4n) is 1.73. The van der Waals surface area contributed by atoms with Gasteiger partial charge >= 0.3 is 0 Å². The molecule has 80 valence electrons. The van der Waals surface area contributed by atoms with Crippen LogP contribution in [0.4, 0.5) is 0 Å². The maximum atomic E-state index is 5.78. The van der Waals surface area contributed by atoms with E-state index < -0.39 is 0 Å². The Morgan fingerprint density at radius 2 is 2.27 bits per heavy atom. The van der Waals surface area contributed by atoms with Crippen LogP contribution in [-0.2, 0) is 6.42 Å². The highest BCUT2D eigenvalue weighted by molar-refractivity contribution is 5.80. The molecule has 1 unspecified atom stereocenters. The number of methoxy groups -OCH3 is 1. The number of hydrogen-bond donors (Lipinski definition) is 1. The smallest absolute Gasteiger partial charge is 0.134 e.